The van der Waals surface area contributed by atoms with Crippen LogP contribution in [0.25, 0.3) is 0 Å². The lowest BCUT2D eigenvalue weighted by molar-refractivity contribution is -0.105. The second-order valence-electron chi connectivity index (χ2n) is 7.67. The fourth-order valence-electron chi connectivity index (χ4n) is 4.51. The van der Waals surface area contributed by atoms with Gasteiger partial charge in [-0.15, -0.1) is 10.3 Å². The van der Waals surface area contributed by atoms with Crippen molar-refractivity contribution in [3.63, 3.8) is 0 Å². The highest BCUT2D eigenvalue weighted by Crippen LogP contribution is 2.63. The van der Waals surface area contributed by atoms with Gasteiger partial charge < -0.3 is 4.79 Å². The lowest BCUT2D eigenvalue weighted by Crippen LogP contribution is -2.37. The standard InChI is InChI=1S/C20H30O4S2/c1-17-10-12-19(13-11-17)26(22,23)24-25(16-14-21)15-6-5-9-20(25)18-7-3-2-4-8-18/h10-14,18,20H,2-9,15-16H2,1H3. The maximum atomic E-state index is 13.0. The van der Waals surface area contributed by atoms with Gasteiger partial charge in [0.15, 0.2) is 0 Å². The molecule has 1 saturated heterocycles. The van der Waals surface area contributed by atoms with Crippen LogP contribution in [0.3, 0.4) is 0 Å². The van der Waals surface area contributed by atoms with E-state index in [0.29, 0.717) is 5.92 Å². The van der Waals surface area contributed by atoms with E-state index in [4.69, 9.17) is 3.63 Å². The Morgan fingerprint density at radius 2 is 1.69 bits per heavy atom. The minimum Gasteiger partial charge on any atom is -0.302 e. The molecule has 0 radical (unpaired) electrons. The summed E-state index contributed by atoms with van der Waals surface area (Å²) in [5.41, 5.74) is 1.01. The highest BCUT2D eigenvalue weighted by molar-refractivity contribution is 8.33. The highest BCUT2D eigenvalue weighted by atomic mass is 32.3. The SMILES string of the molecule is Cc1ccc(S(=O)(=O)OS2(CC=O)CCCCC2C2CCCCC2)cc1. The van der Waals surface area contributed by atoms with Gasteiger partial charge in [0.05, 0.1) is 10.6 Å². The molecule has 146 valence electrons. The first kappa shape index (κ1) is 19.9. The summed E-state index contributed by atoms with van der Waals surface area (Å²) in [6, 6.07) is 6.79. The number of hydrogen-bond acceptors (Lipinski definition) is 4. The summed E-state index contributed by atoms with van der Waals surface area (Å²) in [6.45, 7) is 1.93. The van der Waals surface area contributed by atoms with Crippen LogP contribution in [0.15, 0.2) is 29.2 Å². The Bertz CT molecular complexity index is 708. The highest BCUT2D eigenvalue weighted by Gasteiger charge is 2.44. The van der Waals surface area contributed by atoms with Crippen molar-refractivity contribution in [2.24, 2.45) is 5.92 Å². The van der Waals surface area contributed by atoms with E-state index in [1.54, 1.807) is 24.3 Å². The third-order valence-corrected chi connectivity index (χ3v) is 11.9. The van der Waals surface area contributed by atoms with Crippen LogP contribution in [0.2, 0.25) is 0 Å². The van der Waals surface area contributed by atoms with Gasteiger partial charge >= 0.3 is 10.1 Å². The van der Waals surface area contributed by atoms with Crippen molar-refractivity contribution >= 4 is 26.7 Å². The average Bonchev–Trinajstić information content (AvgIpc) is 2.63. The van der Waals surface area contributed by atoms with Crippen LogP contribution in [0.5, 0.6) is 0 Å². The molecule has 0 N–H and O–H groups in total. The normalized spacial score (nSPS) is 30.4. The molecular formula is C20H30O4S2. The van der Waals surface area contributed by atoms with E-state index in [0.717, 1.165) is 49.7 Å². The number of carbonyl (C=O) groups is 1. The molecule has 4 nitrogen and oxygen atoms in total. The van der Waals surface area contributed by atoms with E-state index in [2.05, 4.69) is 0 Å². The van der Waals surface area contributed by atoms with E-state index in [-0.39, 0.29) is 15.9 Å². The zero-order valence-electron chi connectivity index (χ0n) is 15.6. The lowest BCUT2D eigenvalue weighted by Gasteiger charge is -2.50. The first-order valence-electron chi connectivity index (χ1n) is 9.71. The molecule has 1 aliphatic heterocycles. The van der Waals surface area contributed by atoms with Crippen LogP contribution in [0.1, 0.15) is 56.9 Å². The molecule has 1 aliphatic carbocycles. The number of aldehydes is 1. The summed E-state index contributed by atoms with van der Waals surface area (Å²) in [6.07, 6.45) is 9.93. The van der Waals surface area contributed by atoms with Crippen LogP contribution >= 0.6 is 10.3 Å². The molecule has 2 atom stereocenters. The fraction of sp³-hybridized carbons (Fsp3) is 0.650. The summed E-state index contributed by atoms with van der Waals surface area (Å²) < 4.78 is 32.0. The molecule has 26 heavy (non-hydrogen) atoms. The van der Waals surface area contributed by atoms with Gasteiger partial charge in [0, 0.05) is 11.0 Å². The van der Waals surface area contributed by atoms with E-state index in [1.165, 1.54) is 19.3 Å². The van der Waals surface area contributed by atoms with E-state index < -0.39 is 20.4 Å². The quantitative estimate of drug-likeness (QED) is 0.649. The van der Waals surface area contributed by atoms with Crippen molar-refractivity contribution in [2.45, 2.75) is 68.4 Å². The van der Waals surface area contributed by atoms with Crippen molar-refractivity contribution in [1.29, 1.82) is 0 Å². The largest absolute Gasteiger partial charge is 0.306 e. The Morgan fingerprint density at radius 1 is 1.04 bits per heavy atom. The molecule has 0 aromatic heterocycles. The van der Waals surface area contributed by atoms with Crippen LogP contribution in [-0.4, -0.2) is 31.5 Å². The predicted molar refractivity (Wildman–Crippen MR) is 107 cm³/mol. The molecule has 1 saturated carbocycles. The van der Waals surface area contributed by atoms with Crippen molar-refractivity contribution in [3.05, 3.63) is 29.8 Å². The second-order valence-corrected chi connectivity index (χ2v) is 12.7. The minimum atomic E-state index is -3.85. The van der Waals surface area contributed by atoms with Gasteiger partial charge in [-0.2, -0.15) is 8.42 Å². The third-order valence-electron chi connectivity index (χ3n) is 5.84. The van der Waals surface area contributed by atoms with Crippen molar-refractivity contribution < 1.29 is 16.8 Å². The maximum absolute atomic E-state index is 13.0. The van der Waals surface area contributed by atoms with Gasteiger partial charge in [-0.3, -0.25) is 0 Å². The van der Waals surface area contributed by atoms with E-state index in [9.17, 15) is 13.2 Å². The number of carbonyl (C=O) groups excluding carboxylic acids is 1. The smallest absolute Gasteiger partial charge is 0.302 e. The van der Waals surface area contributed by atoms with Crippen LogP contribution in [0, 0.1) is 12.8 Å². The van der Waals surface area contributed by atoms with Gasteiger partial charge in [0.2, 0.25) is 0 Å². The second kappa shape index (κ2) is 8.44. The molecule has 6 heteroatoms. The molecule has 1 heterocycles. The van der Waals surface area contributed by atoms with Crippen LogP contribution in [-0.2, 0) is 18.5 Å². The Balaban J connectivity index is 1.91. The molecule has 0 bridgehead atoms. The lowest BCUT2D eigenvalue weighted by atomic mass is 9.85. The first-order chi connectivity index (χ1) is 12.5. The minimum absolute atomic E-state index is 0.203. The summed E-state index contributed by atoms with van der Waals surface area (Å²) in [4.78, 5) is 11.7. The summed E-state index contributed by atoms with van der Waals surface area (Å²) in [7, 11) is -5.81. The zero-order chi connectivity index (χ0) is 18.6. The van der Waals surface area contributed by atoms with Crippen LogP contribution < -0.4 is 0 Å². The Labute approximate surface area is 159 Å². The van der Waals surface area contributed by atoms with Gasteiger partial charge in [-0.05, 0) is 50.7 Å². The average molecular weight is 399 g/mol. The van der Waals surface area contributed by atoms with Crippen molar-refractivity contribution in [3.8, 4) is 0 Å². The van der Waals surface area contributed by atoms with Gasteiger partial charge in [0.1, 0.15) is 6.29 Å². The van der Waals surface area contributed by atoms with Crippen molar-refractivity contribution in [2.75, 3.05) is 11.5 Å². The summed E-state index contributed by atoms with van der Waals surface area (Å²) in [5, 5.41) is 0.238. The number of benzene rings is 1. The molecule has 0 spiro atoms. The fourth-order valence-corrected chi connectivity index (χ4v) is 10.8. The molecule has 3 rings (SSSR count). The van der Waals surface area contributed by atoms with E-state index >= 15 is 0 Å². The monoisotopic (exact) mass is 398 g/mol. The van der Waals surface area contributed by atoms with Gasteiger partial charge in [-0.1, -0.05) is 43.4 Å². The topological polar surface area (TPSA) is 60.4 Å². The van der Waals surface area contributed by atoms with Crippen LogP contribution in [0.4, 0.5) is 0 Å². The Morgan fingerprint density at radius 3 is 2.35 bits per heavy atom. The van der Waals surface area contributed by atoms with Gasteiger partial charge in [0.25, 0.3) is 0 Å². The molecule has 0 amide bonds. The van der Waals surface area contributed by atoms with Gasteiger partial charge in [-0.25, -0.2) is 3.63 Å². The molecule has 2 aliphatic rings. The molecule has 2 unspecified atom stereocenters. The Kier molecular flexibility index (Phi) is 6.46. The summed E-state index contributed by atoms with van der Waals surface area (Å²) in [5.74, 6) is 1.49. The number of rotatable bonds is 6. The number of aryl methyl sites for hydroxylation is 1. The summed E-state index contributed by atoms with van der Waals surface area (Å²) >= 11 is 0. The molecule has 1 aromatic carbocycles. The number of hydrogen-bond donors (Lipinski definition) is 0. The maximum Gasteiger partial charge on any atom is 0.306 e. The predicted octanol–water partition coefficient (Wildman–Crippen LogP) is 4.75. The molecule has 2 fully saturated rings. The molecule has 1 aromatic rings. The zero-order valence-corrected chi connectivity index (χ0v) is 17.2. The first-order valence-corrected chi connectivity index (χ1v) is 13.1. The Hall–Kier alpha value is -0.850. The van der Waals surface area contributed by atoms with Crippen molar-refractivity contribution in [1.82, 2.24) is 0 Å². The third kappa shape index (κ3) is 4.34. The van der Waals surface area contributed by atoms with E-state index in [1.807, 2.05) is 6.92 Å². The molecular weight excluding hydrogens is 368 g/mol.